The third-order valence-electron chi connectivity index (χ3n) is 5.64. The summed E-state index contributed by atoms with van der Waals surface area (Å²) in [5.74, 6) is 0. The quantitative estimate of drug-likeness (QED) is 0.844. The zero-order chi connectivity index (χ0) is 15.0. The van der Waals surface area contributed by atoms with Crippen LogP contribution in [0.15, 0.2) is 0 Å². The highest BCUT2D eigenvalue weighted by atomic mass is 16.5. The highest BCUT2D eigenvalue weighted by Gasteiger charge is 2.38. The van der Waals surface area contributed by atoms with Crippen LogP contribution < -0.4 is 5.73 Å². The predicted molar refractivity (Wildman–Crippen MR) is 89.6 cm³/mol. The van der Waals surface area contributed by atoms with E-state index in [1.807, 2.05) is 0 Å². The van der Waals surface area contributed by atoms with Crippen LogP contribution in [0.4, 0.5) is 0 Å². The van der Waals surface area contributed by atoms with E-state index in [1.54, 1.807) is 0 Å². The highest BCUT2D eigenvalue weighted by molar-refractivity contribution is 4.95. The molecule has 1 aliphatic heterocycles. The van der Waals surface area contributed by atoms with E-state index in [9.17, 15) is 0 Å². The van der Waals surface area contributed by atoms with Crippen molar-refractivity contribution >= 4 is 0 Å². The molecule has 0 amide bonds. The van der Waals surface area contributed by atoms with Crippen molar-refractivity contribution in [2.45, 2.75) is 89.1 Å². The number of nitrogens with two attached hydrogens (primary N) is 1. The van der Waals surface area contributed by atoms with Crippen molar-refractivity contribution in [1.82, 2.24) is 4.90 Å². The van der Waals surface area contributed by atoms with E-state index < -0.39 is 0 Å². The number of morpholine rings is 1. The van der Waals surface area contributed by atoms with Gasteiger partial charge in [-0.3, -0.25) is 4.90 Å². The monoisotopic (exact) mass is 296 g/mol. The largest absolute Gasteiger partial charge is 0.379 e. The molecule has 21 heavy (non-hydrogen) atoms. The first-order chi connectivity index (χ1) is 10.3. The molecule has 3 nitrogen and oxygen atoms in total. The lowest BCUT2D eigenvalue weighted by molar-refractivity contribution is -0.0639. The Kier molecular flexibility index (Phi) is 7.48. The fourth-order valence-electron chi connectivity index (χ4n) is 4.31. The maximum Gasteiger partial charge on any atom is 0.0620 e. The van der Waals surface area contributed by atoms with Gasteiger partial charge in [0, 0.05) is 24.7 Å². The summed E-state index contributed by atoms with van der Waals surface area (Å²) in [5, 5.41) is 0. The minimum atomic E-state index is 0.238. The van der Waals surface area contributed by atoms with Gasteiger partial charge in [-0.25, -0.2) is 0 Å². The second kappa shape index (κ2) is 9.12. The van der Waals surface area contributed by atoms with Crippen LogP contribution in [0, 0.1) is 0 Å². The van der Waals surface area contributed by atoms with E-state index in [0.717, 1.165) is 26.3 Å². The number of nitrogens with zero attached hydrogens (tertiary/aromatic N) is 1. The number of hydrogen-bond donors (Lipinski definition) is 1. The third-order valence-corrected chi connectivity index (χ3v) is 5.64. The van der Waals surface area contributed by atoms with Gasteiger partial charge in [0.25, 0.3) is 0 Å². The zero-order valence-electron chi connectivity index (χ0n) is 14.1. The minimum absolute atomic E-state index is 0.238. The number of hydrogen-bond acceptors (Lipinski definition) is 3. The minimum Gasteiger partial charge on any atom is -0.379 e. The van der Waals surface area contributed by atoms with Gasteiger partial charge in [0.1, 0.15) is 0 Å². The van der Waals surface area contributed by atoms with Gasteiger partial charge in [-0.15, -0.1) is 0 Å². The standard InChI is InChI=1S/C18H36N2O/c1-17-15-21-14-13-20(17)18(16-19)11-9-7-5-3-2-4-6-8-10-12-18/h17H,2-16,19H2,1H3. The second-order valence-electron chi connectivity index (χ2n) is 7.23. The van der Waals surface area contributed by atoms with Crippen molar-refractivity contribution in [3.8, 4) is 0 Å². The molecule has 0 spiro atoms. The molecule has 2 rings (SSSR count). The molecule has 0 aromatic rings. The van der Waals surface area contributed by atoms with Crippen molar-refractivity contribution in [3.63, 3.8) is 0 Å². The van der Waals surface area contributed by atoms with Crippen molar-refractivity contribution in [3.05, 3.63) is 0 Å². The first-order valence-electron chi connectivity index (χ1n) is 9.33. The highest BCUT2D eigenvalue weighted by Crippen LogP contribution is 2.32. The summed E-state index contributed by atoms with van der Waals surface area (Å²) in [6, 6.07) is 0.523. The molecule has 2 aliphatic rings. The van der Waals surface area contributed by atoms with Gasteiger partial charge in [-0.1, -0.05) is 57.8 Å². The van der Waals surface area contributed by atoms with Crippen LogP contribution >= 0.6 is 0 Å². The smallest absolute Gasteiger partial charge is 0.0620 e. The topological polar surface area (TPSA) is 38.5 Å². The predicted octanol–water partition coefficient (Wildman–Crippen LogP) is 3.71. The van der Waals surface area contributed by atoms with Crippen LogP contribution in [-0.2, 0) is 4.74 Å². The average molecular weight is 296 g/mol. The SMILES string of the molecule is CC1COCCN1C1(CN)CCCCCCCCCCC1. The van der Waals surface area contributed by atoms with Gasteiger partial charge in [-0.2, -0.15) is 0 Å². The van der Waals surface area contributed by atoms with E-state index in [0.29, 0.717) is 6.04 Å². The Morgan fingerprint density at radius 2 is 1.48 bits per heavy atom. The lowest BCUT2D eigenvalue weighted by Crippen LogP contribution is -2.61. The van der Waals surface area contributed by atoms with Gasteiger partial charge < -0.3 is 10.5 Å². The van der Waals surface area contributed by atoms with Crippen LogP contribution in [0.3, 0.4) is 0 Å². The number of ether oxygens (including phenoxy) is 1. The van der Waals surface area contributed by atoms with Crippen molar-refractivity contribution < 1.29 is 4.74 Å². The maximum absolute atomic E-state index is 6.33. The lowest BCUT2D eigenvalue weighted by atomic mass is 9.82. The first kappa shape index (κ1) is 17.2. The van der Waals surface area contributed by atoms with E-state index >= 15 is 0 Å². The summed E-state index contributed by atoms with van der Waals surface area (Å²) in [6.45, 7) is 5.95. The third kappa shape index (κ3) is 4.94. The molecule has 1 saturated carbocycles. The Morgan fingerprint density at radius 1 is 0.952 bits per heavy atom. The molecule has 1 aliphatic carbocycles. The molecule has 1 saturated heterocycles. The van der Waals surface area contributed by atoms with Crippen molar-refractivity contribution in [1.29, 1.82) is 0 Å². The molecular weight excluding hydrogens is 260 g/mol. The molecule has 1 atom stereocenters. The molecule has 124 valence electrons. The van der Waals surface area contributed by atoms with Crippen LogP contribution in [0.5, 0.6) is 0 Å². The lowest BCUT2D eigenvalue weighted by Gasteiger charge is -2.49. The first-order valence-corrected chi connectivity index (χ1v) is 9.33. The average Bonchev–Trinajstić information content (AvgIpc) is 2.49. The Balaban J connectivity index is 2.02. The molecule has 0 radical (unpaired) electrons. The maximum atomic E-state index is 6.33. The molecule has 1 unspecified atom stereocenters. The van der Waals surface area contributed by atoms with E-state index in [-0.39, 0.29) is 5.54 Å². The van der Waals surface area contributed by atoms with Crippen LogP contribution in [0.2, 0.25) is 0 Å². The van der Waals surface area contributed by atoms with E-state index in [2.05, 4.69) is 11.8 Å². The summed E-state index contributed by atoms with van der Waals surface area (Å²) in [4.78, 5) is 2.70. The molecule has 2 fully saturated rings. The summed E-state index contributed by atoms with van der Waals surface area (Å²) in [7, 11) is 0. The summed E-state index contributed by atoms with van der Waals surface area (Å²) in [5.41, 5.74) is 6.57. The summed E-state index contributed by atoms with van der Waals surface area (Å²) in [6.07, 6.45) is 15.2. The van der Waals surface area contributed by atoms with E-state index in [4.69, 9.17) is 10.5 Å². The molecular formula is C18H36N2O. The van der Waals surface area contributed by atoms with Gasteiger partial charge in [0.15, 0.2) is 0 Å². The van der Waals surface area contributed by atoms with Gasteiger partial charge in [0.05, 0.1) is 13.2 Å². The van der Waals surface area contributed by atoms with E-state index in [1.165, 1.54) is 70.6 Å². The molecule has 1 heterocycles. The molecule has 2 N–H and O–H groups in total. The Labute approximate surface area is 131 Å². The van der Waals surface area contributed by atoms with Crippen molar-refractivity contribution in [2.24, 2.45) is 5.73 Å². The molecule has 3 heteroatoms. The molecule has 0 bridgehead atoms. The fourth-order valence-corrected chi connectivity index (χ4v) is 4.31. The summed E-state index contributed by atoms with van der Waals surface area (Å²) >= 11 is 0. The van der Waals surface area contributed by atoms with Gasteiger partial charge in [0.2, 0.25) is 0 Å². The molecule has 0 aromatic carbocycles. The van der Waals surface area contributed by atoms with Gasteiger partial charge in [-0.05, 0) is 19.8 Å². The second-order valence-corrected chi connectivity index (χ2v) is 7.23. The summed E-state index contributed by atoms with van der Waals surface area (Å²) < 4.78 is 5.65. The number of rotatable bonds is 2. The van der Waals surface area contributed by atoms with Crippen molar-refractivity contribution in [2.75, 3.05) is 26.3 Å². The fraction of sp³-hybridized carbons (Fsp3) is 1.00. The van der Waals surface area contributed by atoms with Crippen LogP contribution in [-0.4, -0.2) is 42.8 Å². The normalized spacial score (nSPS) is 30.3. The Morgan fingerprint density at radius 3 is 1.95 bits per heavy atom. The van der Waals surface area contributed by atoms with Crippen LogP contribution in [0.25, 0.3) is 0 Å². The molecule has 0 aromatic heterocycles. The Bertz CT molecular complexity index is 270. The Hall–Kier alpha value is -0.120. The van der Waals surface area contributed by atoms with Gasteiger partial charge >= 0.3 is 0 Å². The zero-order valence-corrected chi connectivity index (χ0v) is 14.1. The van der Waals surface area contributed by atoms with Crippen LogP contribution in [0.1, 0.15) is 77.6 Å².